The number of ether oxygens (including phenoxy) is 4. The van der Waals surface area contributed by atoms with E-state index in [0.717, 1.165) is 6.42 Å². The molecule has 0 amide bonds. The molecule has 4 unspecified atom stereocenters. The van der Waals surface area contributed by atoms with Crippen molar-refractivity contribution in [3.8, 4) is 0 Å². The van der Waals surface area contributed by atoms with Crippen LogP contribution in [0.1, 0.15) is 73.1 Å². The molecule has 2 rings (SSSR count). The quantitative estimate of drug-likeness (QED) is 0.501. The van der Waals surface area contributed by atoms with Crippen LogP contribution in [0.4, 0.5) is 0 Å². The van der Waals surface area contributed by atoms with Gasteiger partial charge in [0.05, 0.1) is 6.61 Å². The van der Waals surface area contributed by atoms with E-state index in [1.165, 1.54) is 32.1 Å². The predicted molar refractivity (Wildman–Crippen MR) is 97.3 cm³/mol. The van der Waals surface area contributed by atoms with Crippen LogP contribution in [0.5, 0.6) is 0 Å². The SMILES string of the molecule is CCCCCCC/C=C/C1OC(C)(C)OC1C(O)C1COC(C)(C)O1. The molecule has 0 radical (unpaired) electrons. The summed E-state index contributed by atoms with van der Waals surface area (Å²) in [7, 11) is 0. The van der Waals surface area contributed by atoms with Crippen molar-refractivity contribution in [2.45, 2.75) is 109 Å². The summed E-state index contributed by atoms with van der Waals surface area (Å²) in [5, 5.41) is 10.7. The molecule has 0 saturated carbocycles. The maximum atomic E-state index is 10.7. The molecule has 2 aliphatic rings. The van der Waals surface area contributed by atoms with Gasteiger partial charge >= 0.3 is 0 Å². The first-order valence-corrected chi connectivity index (χ1v) is 9.76. The van der Waals surface area contributed by atoms with Crippen LogP contribution in [-0.4, -0.2) is 47.7 Å². The summed E-state index contributed by atoms with van der Waals surface area (Å²) in [4.78, 5) is 0. The monoisotopic (exact) mass is 356 g/mol. The molecule has 2 fully saturated rings. The Labute approximate surface area is 152 Å². The summed E-state index contributed by atoms with van der Waals surface area (Å²) in [6, 6.07) is 0. The van der Waals surface area contributed by atoms with E-state index in [1.54, 1.807) is 0 Å². The highest BCUT2D eigenvalue weighted by atomic mass is 16.8. The van der Waals surface area contributed by atoms with Crippen LogP contribution < -0.4 is 0 Å². The Hall–Kier alpha value is -0.460. The van der Waals surface area contributed by atoms with E-state index in [1.807, 2.05) is 33.8 Å². The van der Waals surface area contributed by atoms with Gasteiger partial charge in [-0.3, -0.25) is 0 Å². The number of hydrogen-bond acceptors (Lipinski definition) is 5. The number of allylic oxidation sites excluding steroid dienone is 1. The van der Waals surface area contributed by atoms with Gasteiger partial charge in [0.15, 0.2) is 11.6 Å². The molecule has 0 aromatic rings. The van der Waals surface area contributed by atoms with Gasteiger partial charge in [-0.2, -0.15) is 0 Å². The first-order valence-electron chi connectivity index (χ1n) is 9.76. The van der Waals surface area contributed by atoms with Crippen molar-refractivity contribution < 1.29 is 24.1 Å². The molecule has 146 valence electrons. The molecular weight excluding hydrogens is 320 g/mol. The average molecular weight is 357 g/mol. The Bertz CT molecular complexity index is 432. The number of aliphatic hydroxyl groups is 1. The maximum absolute atomic E-state index is 10.7. The molecular formula is C20H36O5. The molecule has 5 heteroatoms. The highest BCUT2D eigenvalue weighted by Crippen LogP contribution is 2.34. The largest absolute Gasteiger partial charge is 0.387 e. The first-order chi connectivity index (χ1) is 11.7. The second-order valence-corrected chi connectivity index (χ2v) is 8.05. The molecule has 0 spiro atoms. The Morgan fingerprint density at radius 3 is 2.36 bits per heavy atom. The number of aliphatic hydroxyl groups excluding tert-OH is 1. The molecule has 0 aliphatic carbocycles. The molecule has 2 saturated heterocycles. The lowest BCUT2D eigenvalue weighted by atomic mass is 10.0. The first kappa shape index (κ1) is 20.8. The predicted octanol–water partition coefficient (Wildman–Crippen LogP) is 3.94. The minimum atomic E-state index is -0.789. The summed E-state index contributed by atoms with van der Waals surface area (Å²) in [6.45, 7) is 10.0. The topological polar surface area (TPSA) is 57.2 Å². The van der Waals surface area contributed by atoms with Crippen molar-refractivity contribution in [1.82, 2.24) is 0 Å². The van der Waals surface area contributed by atoms with E-state index in [-0.39, 0.29) is 6.10 Å². The molecule has 0 aromatic carbocycles. The van der Waals surface area contributed by atoms with E-state index in [2.05, 4.69) is 13.0 Å². The number of rotatable bonds is 9. The summed E-state index contributed by atoms with van der Waals surface area (Å²) < 4.78 is 23.3. The van der Waals surface area contributed by atoms with Gasteiger partial charge in [-0.05, 0) is 40.5 Å². The van der Waals surface area contributed by atoms with Gasteiger partial charge in [0.25, 0.3) is 0 Å². The van der Waals surface area contributed by atoms with Crippen LogP contribution in [0.3, 0.4) is 0 Å². The van der Waals surface area contributed by atoms with Crippen LogP contribution in [0.15, 0.2) is 12.2 Å². The van der Waals surface area contributed by atoms with Crippen molar-refractivity contribution in [2.75, 3.05) is 6.61 Å². The number of unbranched alkanes of at least 4 members (excludes halogenated alkanes) is 5. The third-order valence-electron chi connectivity index (χ3n) is 4.71. The highest BCUT2D eigenvalue weighted by Gasteiger charge is 2.48. The number of hydrogen-bond donors (Lipinski definition) is 1. The van der Waals surface area contributed by atoms with E-state index in [4.69, 9.17) is 18.9 Å². The molecule has 1 N–H and O–H groups in total. The molecule has 25 heavy (non-hydrogen) atoms. The Morgan fingerprint density at radius 2 is 1.72 bits per heavy atom. The second kappa shape index (κ2) is 8.96. The third-order valence-corrected chi connectivity index (χ3v) is 4.71. The van der Waals surface area contributed by atoms with Gasteiger partial charge in [0.1, 0.15) is 24.4 Å². The van der Waals surface area contributed by atoms with E-state index >= 15 is 0 Å². The summed E-state index contributed by atoms with van der Waals surface area (Å²) in [5.41, 5.74) is 0. The zero-order valence-corrected chi connectivity index (χ0v) is 16.5. The van der Waals surface area contributed by atoms with Crippen molar-refractivity contribution in [3.05, 3.63) is 12.2 Å². The lowest BCUT2D eigenvalue weighted by Crippen LogP contribution is -2.44. The summed E-state index contributed by atoms with van der Waals surface area (Å²) >= 11 is 0. The third kappa shape index (κ3) is 6.33. The second-order valence-electron chi connectivity index (χ2n) is 8.05. The molecule has 4 atom stereocenters. The molecule has 2 aliphatic heterocycles. The molecule has 5 nitrogen and oxygen atoms in total. The van der Waals surface area contributed by atoms with Gasteiger partial charge in [-0.15, -0.1) is 0 Å². The fourth-order valence-electron chi connectivity index (χ4n) is 3.42. The minimum absolute atomic E-state index is 0.270. The summed E-state index contributed by atoms with van der Waals surface area (Å²) in [6.07, 6.45) is 9.63. The Balaban J connectivity index is 1.87. The van der Waals surface area contributed by atoms with E-state index < -0.39 is 29.9 Å². The normalized spacial score (nSPS) is 32.5. The molecule has 0 bridgehead atoms. The van der Waals surface area contributed by atoms with Crippen LogP contribution in [-0.2, 0) is 18.9 Å². The molecule has 2 heterocycles. The van der Waals surface area contributed by atoms with E-state index in [9.17, 15) is 5.11 Å². The molecule has 0 aromatic heterocycles. The van der Waals surface area contributed by atoms with Crippen LogP contribution in [0, 0.1) is 0 Å². The van der Waals surface area contributed by atoms with Crippen LogP contribution in [0.25, 0.3) is 0 Å². The standard InChI is InChI=1S/C20H36O5/c1-6-7-8-9-10-11-12-13-15-18(25-20(4,5)23-15)17(21)16-14-22-19(2,3)24-16/h12-13,15-18,21H,6-11,14H2,1-5H3/b13-12+. The minimum Gasteiger partial charge on any atom is -0.387 e. The van der Waals surface area contributed by atoms with Gasteiger partial charge in [-0.25, -0.2) is 0 Å². The van der Waals surface area contributed by atoms with Crippen molar-refractivity contribution >= 4 is 0 Å². The highest BCUT2D eigenvalue weighted by molar-refractivity contribution is 5.02. The lowest BCUT2D eigenvalue weighted by Gasteiger charge is -2.26. The van der Waals surface area contributed by atoms with Gasteiger partial charge in [0, 0.05) is 0 Å². The lowest BCUT2D eigenvalue weighted by molar-refractivity contribution is -0.178. The van der Waals surface area contributed by atoms with Crippen LogP contribution in [0.2, 0.25) is 0 Å². The van der Waals surface area contributed by atoms with Crippen molar-refractivity contribution in [3.63, 3.8) is 0 Å². The average Bonchev–Trinajstić information content (AvgIpc) is 3.04. The fourth-order valence-corrected chi connectivity index (χ4v) is 3.42. The maximum Gasteiger partial charge on any atom is 0.164 e. The van der Waals surface area contributed by atoms with Crippen LogP contribution >= 0.6 is 0 Å². The summed E-state index contributed by atoms with van der Waals surface area (Å²) in [5.74, 6) is -1.37. The van der Waals surface area contributed by atoms with E-state index in [0.29, 0.717) is 6.61 Å². The van der Waals surface area contributed by atoms with Gasteiger partial charge in [-0.1, -0.05) is 44.8 Å². The Morgan fingerprint density at radius 1 is 1.00 bits per heavy atom. The van der Waals surface area contributed by atoms with Gasteiger partial charge in [0.2, 0.25) is 0 Å². The van der Waals surface area contributed by atoms with Crippen molar-refractivity contribution in [1.29, 1.82) is 0 Å². The Kier molecular flexibility index (Phi) is 7.47. The zero-order chi connectivity index (χ0) is 18.5. The smallest absolute Gasteiger partial charge is 0.164 e. The van der Waals surface area contributed by atoms with Gasteiger partial charge < -0.3 is 24.1 Å². The fraction of sp³-hybridized carbons (Fsp3) is 0.900. The van der Waals surface area contributed by atoms with Crippen molar-refractivity contribution in [2.24, 2.45) is 0 Å². The zero-order valence-electron chi connectivity index (χ0n) is 16.5.